The van der Waals surface area contributed by atoms with Crippen molar-refractivity contribution in [2.45, 2.75) is 0 Å². The number of rotatable bonds is 1. The van der Waals surface area contributed by atoms with Crippen LogP contribution in [-0.2, 0) is 0 Å². The largest absolute Gasteiger partial charge is 0.508 e. The predicted octanol–water partition coefficient (Wildman–Crippen LogP) is 2.56. The summed E-state index contributed by atoms with van der Waals surface area (Å²) < 4.78 is 5.17. The maximum absolute atomic E-state index is 11.8. The highest BCUT2D eigenvalue weighted by Gasteiger charge is 2.08. The van der Waals surface area contributed by atoms with Gasteiger partial charge in [0, 0.05) is 11.6 Å². The molecular formula is C14H9NO3. The Balaban J connectivity index is 2.30. The van der Waals surface area contributed by atoms with E-state index in [1.807, 2.05) is 18.2 Å². The van der Waals surface area contributed by atoms with E-state index in [1.165, 1.54) is 18.2 Å². The van der Waals surface area contributed by atoms with Gasteiger partial charge in [0.2, 0.25) is 5.89 Å². The number of hydrogen-bond donors (Lipinski definition) is 1. The molecule has 0 aliphatic rings. The smallest absolute Gasteiger partial charge is 0.347 e. The van der Waals surface area contributed by atoms with E-state index < -0.39 is 5.63 Å². The maximum atomic E-state index is 11.8. The van der Waals surface area contributed by atoms with Crippen LogP contribution in [0, 0.1) is 0 Å². The zero-order chi connectivity index (χ0) is 12.5. The lowest BCUT2D eigenvalue weighted by molar-refractivity contribution is 0.475. The van der Waals surface area contributed by atoms with Gasteiger partial charge in [-0.25, -0.2) is 9.78 Å². The Bertz CT molecular complexity index is 763. The van der Waals surface area contributed by atoms with E-state index in [2.05, 4.69) is 4.98 Å². The van der Waals surface area contributed by atoms with E-state index in [-0.39, 0.29) is 11.6 Å². The normalized spacial score (nSPS) is 10.7. The van der Waals surface area contributed by atoms with Crippen LogP contribution in [0.4, 0.5) is 0 Å². The third-order valence-corrected chi connectivity index (χ3v) is 2.63. The van der Waals surface area contributed by atoms with Gasteiger partial charge in [0.05, 0.1) is 10.9 Å². The van der Waals surface area contributed by atoms with Crippen molar-refractivity contribution in [1.29, 1.82) is 0 Å². The van der Waals surface area contributed by atoms with Crippen LogP contribution < -0.4 is 5.63 Å². The Morgan fingerprint density at radius 1 is 1.06 bits per heavy atom. The lowest BCUT2D eigenvalue weighted by Gasteiger charge is -2.01. The Hall–Kier alpha value is -2.62. The Morgan fingerprint density at radius 2 is 1.83 bits per heavy atom. The van der Waals surface area contributed by atoms with Crippen LogP contribution in [0.5, 0.6) is 5.75 Å². The Kier molecular flexibility index (Phi) is 2.34. The maximum Gasteiger partial charge on any atom is 0.347 e. The number of aromatic nitrogens is 1. The summed E-state index contributed by atoms with van der Waals surface area (Å²) in [7, 11) is 0. The number of nitrogens with zero attached hydrogens (tertiary/aromatic N) is 1. The van der Waals surface area contributed by atoms with E-state index >= 15 is 0 Å². The van der Waals surface area contributed by atoms with E-state index in [0.29, 0.717) is 10.9 Å². The van der Waals surface area contributed by atoms with Crippen LogP contribution >= 0.6 is 0 Å². The summed E-state index contributed by atoms with van der Waals surface area (Å²) in [6.45, 7) is 0. The Labute approximate surface area is 102 Å². The van der Waals surface area contributed by atoms with Gasteiger partial charge in [-0.2, -0.15) is 0 Å². The van der Waals surface area contributed by atoms with Crippen LogP contribution in [0.2, 0.25) is 0 Å². The molecule has 0 spiro atoms. The monoisotopic (exact) mass is 239 g/mol. The van der Waals surface area contributed by atoms with Gasteiger partial charge < -0.3 is 9.52 Å². The highest BCUT2D eigenvalue weighted by Crippen LogP contribution is 2.20. The topological polar surface area (TPSA) is 63.3 Å². The number of benzene rings is 2. The summed E-state index contributed by atoms with van der Waals surface area (Å²) in [5.74, 6) is 0.318. The van der Waals surface area contributed by atoms with Crippen LogP contribution in [0.25, 0.3) is 22.4 Å². The van der Waals surface area contributed by atoms with Crippen molar-refractivity contribution in [2.75, 3.05) is 0 Å². The number of hydrogen-bond acceptors (Lipinski definition) is 4. The van der Waals surface area contributed by atoms with Crippen molar-refractivity contribution in [3.05, 3.63) is 59.0 Å². The standard InChI is InChI=1S/C14H9NO3/c16-10-6-7-11-12(8-10)15-13(18-14(11)17)9-4-2-1-3-5-9/h1-8,16H. The first-order chi connectivity index (χ1) is 8.74. The minimum Gasteiger partial charge on any atom is -0.508 e. The third-order valence-electron chi connectivity index (χ3n) is 2.63. The molecule has 88 valence electrons. The second-order valence-corrected chi connectivity index (χ2v) is 3.87. The first-order valence-electron chi connectivity index (χ1n) is 5.43. The third kappa shape index (κ3) is 1.73. The zero-order valence-electron chi connectivity index (χ0n) is 9.33. The SMILES string of the molecule is O=c1oc(-c2ccccc2)nc2cc(O)ccc12. The molecule has 0 atom stereocenters. The van der Waals surface area contributed by atoms with Crippen LogP contribution in [0.3, 0.4) is 0 Å². The number of phenols is 1. The van der Waals surface area contributed by atoms with E-state index in [1.54, 1.807) is 12.1 Å². The first-order valence-corrected chi connectivity index (χ1v) is 5.43. The molecule has 2 aromatic carbocycles. The summed E-state index contributed by atoms with van der Waals surface area (Å²) in [4.78, 5) is 16.0. The average Bonchev–Trinajstić information content (AvgIpc) is 2.39. The van der Waals surface area contributed by atoms with Crippen LogP contribution in [0.1, 0.15) is 0 Å². The highest BCUT2D eigenvalue weighted by atomic mass is 16.4. The molecule has 0 saturated carbocycles. The molecule has 0 unspecified atom stereocenters. The molecule has 0 fully saturated rings. The van der Waals surface area contributed by atoms with Crippen molar-refractivity contribution in [3.8, 4) is 17.2 Å². The fourth-order valence-electron chi connectivity index (χ4n) is 1.76. The molecule has 3 aromatic rings. The van der Waals surface area contributed by atoms with Gasteiger partial charge in [-0.3, -0.25) is 0 Å². The number of aromatic hydroxyl groups is 1. The lowest BCUT2D eigenvalue weighted by atomic mass is 10.2. The summed E-state index contributed by atoms with van der Waals surface area (Å²) in [5, 5.41) is 9.76. The lowest BCUT2D eigenvalue weighted by Crippen LogP contribution is -2.02. The van der Waals surface area contributed by atoms with Gasteiger partial charge in [-0.05, 0) is 24.3 Å². The van der Waals surface area contributed by atoms with Crippen LogP contribution in [-0.4, -0.2) is 10.1 Å². The molecule has 4 heteroatoms. The van der Waals surface area contributed by atoms with Crippen molar-refractivity contribution < 1.29 is 9.52 Å². The van der Waals surface area contributed by atoms with Crippen molar-refractivity contribution in [3.63, 3.8) is 0 Å². The van der Waals surface area contributed by atoms with Gasteiger partial charge in [0.15, 0.2) is 0 Å². The summed E-state index contributed by atoms with van der Waals surface area (Å²) in [6, 6.07) is 13.5. The summed E-state index contributed by atoms with van der Waals surface area (Å²) in [6.07, 6.45) is 0. The number of fused-ring (bicyclic) bond motifs is 1. The van der Waals surface area contributed by atoms with Crippen molar-refractivity contribution >= 4 is 10.9 Å². The predicted molar refractivity (Wildman–Crippen MR) is 67.4 cm³/mol. The number of phenolic OH excluding ortho intramolecular Hbond substituents is 1. The van der Waals surface area contributed by atoms with E-state index in [0.717, 1.165) is 5.56 Å². The first kappa shape index (κ1) is 10.5. The molecule has 1 heterocycles. The van der Waals surface area contributed by atoms with Crippen molar-refractivity contribution in [2.24, 2.45) is 0 Å². The summed E-state index contributed by atoms with van der Waals surface area (Å²) in [5.41, 5.74) is 0.684. The molecular weight excluding hydrogens is 230 g/mol. The minimum atomic E-state index is -0.459. The molecule has 0 aliphatic heterocycles. The molecule has 3 rings (SSSR count). The minimum absolute atomic E-state index is 0.0691. The average molecular weight is 239 g/mol. The molecule has 4 nitrogen and oxygen atoms in total. The van der Waals surface area contributed by atoms with Gasteiger partial charge in [0.25, 0.3) is 0 Å². The fourth-order valence-corrected chi connectivity index (χ4v) is 1.76. The van der Waals surface area contributed by atoms with E-state index in [4.69, 9.17) is 4.42 Å². The molecule has 1 aromatic heterocycles. The summed E-state index contributed by atoms with van der Waals surface area (Å²) >= 11 is 0. The van der Waals surface area contributed by atoms with Crippen molar-refractivity contribution in [1.82, 2.24) is 4.98 Å². The molecule has 1 N–H and O–H groups in total. The molecule has 0 saturated heterocycles. The van der Waals surface area contributed by atoms with Gasteiger partial charge in [0.1, 0.15) is 5.75 Å². The van der Waals surface area contributed by atoms with Gasteiger partial charge >= 0.3 is 5.63 Å². The fraction of sp³-hybridized carbons (Fsp3) is 0. The zero-order valence-corrected chi connectivity index (χ0v) is 9.33. The van der Waals surface area contributed by atoms with Crippen LogP contribution in [0.15, 0.2) is 57.7 Å². The highest BCUT2D eigenvalue weighted by molar-refractivity contribution is 5.79. The van der Waals surface area contributed by atoms with Gasteiger partial charge in [-0.15, -0.1) is 0 Å². The Morgan fingerprint density at radius 3 is 2.61 bits per heavy atom. The quantitative estimate of drug-likeness (QED) is 0.708. The van der Waals surface area contributed by atoms with Gasteiger partial charge in [-0.1, -0.05) is 18.2 Å². The molecule has 0 radical (unpaired) electrons. The second kappa shape index (κ2) is 4.00. The molecule has 0 amide bonds. The second-order valence-electron chi connectivity index (χ2n) is 3.87. The molecule has 0 aliphatic carbocycles. The van der Waals surface area contributed by atoms with E-state index in [9.17, 15) is 9.90 Å². The molecule has 18 heavy (non-hydrogen) atoms. The molecule has 0 bridgehead atoms.